The van der Waals surface area contributed by atoms with E-state index >= 15 is 0 Å². The zero-order valence-corrected chi connectivity index (χ0v) is 11.5. The summed E-state index contributed by atoms with van der Waals surface area (Å²) in [6.45, 7) is 2.18. The lowest BCUT2D eigenvalue weighted by Crippen LogP contribution is -2.41. The second-order valence-corrected chi connectivity index (χ2v) is 4.70. The fraction of sp³-hybridized carbons (Fsp3) is 0.429. The van der Waals surface area contributed by atoms with E-state index < -0.39 is 0 Å². The molecule has 2 aromatic rings. The van der Waals surface area contributed by atoms with Crippen LogP contribution in [0, 0.1) is 0 Å². The molecule has 5 nitrogen and oxygen atoms in total. The smallest absolute Gasteiger partial charge is 0.138 e. The molecule has 0 amide bonds. The van der Waals surface area contributed by atoms with E-state index in [0.717, 1.165) is 18.7 Å². The molecule has 0 aliphatic heterocycles. The predicted octanol–water partition coefficient (Wildman–Crippen LogP) is 1.38. The van der Waals surface area contributed by atoms with Crippen molar-refractivity contribution in [3.8, 4) is 0 Å². The second-order valence-electron chi connectivity index (χ2n) is 4.70. The quantitative estimate of drug-likeness (QED) is 0.607. The molecule has 3 N–H and O–H groups in total. The van der Waals surface area contributed by atoms with Gasteiger partial charge in [0.1, 0.15) is 12.2 Å². The molecule has 0 saturated carbocycles. The highest BCUT2D eigenvalue weighted by Gasteiger charge is 2.22. The van der Waals surface area contributed by atoms with Crippen LogP contribution in [-0.2, 0) is 13.5 Å². The number of nitrogens with two attached hydrogens (primary N) is 1. The van der Waals surface area contributed by atoms with E-state index in [9.17, 15) is 0 Å². The summed E-state index contributed by atoms with van der Waals surface area (Å²) in [7, 11) is 1.90. The number of benzene rings is 1. The summed E-state index contributed by atoms with van der Waals surface area (Å²) in [6.07, 6.45) is 3.36. The molecule has 1 heterocycles. The fourth-order valence-corrected chi connectivity index (χ4v) is 2.47. The van der Waals surface area contributed by atoms with Crippen molar-refractivity contribution in [2.24, 2.45) is 12.9 Å². The number of hydrogen-bond donors (Lipinski definition) is 2. The maximum absolute atomic E-state index is 5.75. The van der Waals surface area contributed by atoms with Crippen molar-refractivity contribution in [1.82, 2.24) is 20.2 Å². The topological polar surface area (TPSA) is 68.8 Å². The fourth-order valence-electron chi connectivity index (χ4n) is 2.47. The minimum absolute atomic E-state index is 0.148. The average Bonchev–Trinajstić information content (AvgIpc) is 2.85. The van der Waals surface area contributed by atoms with Crippen LogP contribution in [0.2, 0.25) is 0 Å². The van der Waals surface area contributed by atoms with Crippen molar-refractivity contribution in [1.29, 1.82) is 0 Å². The van der Waals surface area contributed by atoms with Gasteiger partial charge in [0.05, 0.1) is 0 Å². The minimum atomic E-state index is 0.148. The maximum Gasteiger partial charge on any atom is 0.138 e. The summed E-state index contributed by atoms with van der Waals surface area (Å²) in [5.41, 5.74) is 4.24. The molecule has 102 valence electrons. The Morgan fingerprint density at radius 3 is 2.58 bits per heavy atom. The standard InChI is InChI=1S/C14H21N5/c1-3-12(11-7-5-4-6-8-11)13(18-15)9-14-16-10-17-19(14)2/h4-8,10,12-13,18H,3,9,15H2,1-2H3. The number of aryl methyl sites for hydroxylation is 1. The van der Waals surface area contributed by atoms with Gasteiger partial charge >= 0.3 is 0 Å². The number of aromatic nitrogens is 3. The molecule has 19 heavy (non-hydrogen) atoms. The van der Waals surface area contributed by atoms with Crippen LogP contribution in [0.25, 0.3) is 0 Å². The molecular formula is C14H21N5. The molecule has 2 unspecified atom stereocenters. The van der Waals surface area contributed by atoms with Crippen LogP contribution in [0.15, 0.2) is 36.7 Å². The van der Waals surface area contributed by atoms with Gasteiger partial charge in [0.2, 0.25) is 0 Å². The monoisotopic (exact) mass is 259 g/mol. The van der Waals surface area contributed by atoms with Gasteiger partial charge in [-0.1, -0.05) is 37.3 Å². The zero-order valence-electron chi connectivity index (χ0n) is 11.5. The van der Waals surface area contributed by atoms with Gasteiger partial charge in [-0.3, -0.25) is 16.0 Å². The van der Waals surface area contributed by atoms with Gasteiger partial charge < -0.3 is 0 Å². The van der Waals surface area contributed by atoms with Crippen LogP contribution < -0.4 is 11.3 Å². The Labute approximate surface area is 113 Å². The van der Waals surface area contributed by atoms with Gasteiger partial charge in [-0.15, -0.1) is 0 Å². The molecule has 2 atom stereocenters. The van der Waals surface area contributed by atoms with E-state index in [1.807, 2.05) is 13.1 Å². The average molecular weight is 259 g/mol. The number of hydrazine groups is 1. The van der Waals surface area contributed by atoms with Crippen molar-refractivity contribution in [3.63, 3.8) is 0 Å². The van der Waals surface area contributed by atoms with Gasteiger partial charge in [0, 0.05) is 25.4 Å². The van der Waals surface area contributed by atoms with Crippen molar-refractivity contribution in [3.05, 3.63) is 48.0 Å². The molecule has 0 fully saturated rings. The van der Waals surface area contributed by atoms with E-state index in [0.29, 0.717) is 5.92 Å². The highest BCUT2D eigenvalue weighted by molar-refractivity contribution is 5.21. The number of nitrogens with one attached hydrogen (secondary N) is 1. The van der Waals surface area contributed by atoms with E-state index in [-0.39, 0.29) is 6.04 Å². The Kier molecular flexibility index (Phi) is 4.65. The van der Waals surface area contributed by atoms with Gasteiger partial charge in [-0.2, -0.15) is 5.10 Å². The minimum Gasteiger partial charge on any atom is -0.271 e. The SMILES string of the molecule is CCC(c1ccccc1)C(Cc1ncnn1C)NN. The molecule has 0 radical (unpaired) electrons. The molecule has 5 heteroatoms. The van der Waals surface area contributed by atoms with Gasteiger partial charge in [-0.05, 0) is 12.0 Å². The molecule has 1 aromatic heterocycles. The van der Waals surface area contributed by atoms with E-state index in [4.69, 9.17) is 5.84 Å². The number of rotatable bonds is 6. The zero-order chi connectivity index (χ0) is 13.7. The Morgan fingerprint density at radius 2 is 2.05 bits per heavy atom. The lowest BCUT2D eigenvalue weighted by Gasteiger charge is -2.25. The van der Waals surface area contributed by atoms with Crippen LogP contribution in [-0.4, -0.2) is 20.8 Å². The summed E-state index contributed by atoms with van der Waals surface area (Å²) >= 11 is 0. The highest BCUT2D eigenvalue weighted by atomic mass is 15.3. The van der Waals surface area contributed by atoms with Crippen molar-refractivity contribution in [2.45, 2.75) is 31.7 Å². The van der Waals surface area contributed by atoms with E-state index in [1.54, 1.807) is 11.0 Å². The van der Waals surface area contributed by atoms with Crippen molar-refractivity contribution in [2.75, 3.05) is 0 Å². The van der Waals surface area contributed by atoms with Gasteiger partial charge in [-0.25, -0.2) is 4.98 Å². The van der Waals surface area contributed by atoms with Crippen molar-refractivity contribution < 1.29 is 0 Å². The summed E-state index contributed by atoms with van der Waals surface area (Å²) in [5, 5.41) is 4.10. The van der Waals surface area contributed by atoms with Crippen LogP contribution >= 0.6 is 0 Å². The molecule has 0 aliphatic rings. The third-order valence-corrected chi connectivity index (χ3v) is 3.57. The first-order chi connectivity index (χ1) is 9.26. The Morgan fingerprint density at radius 1 is 1.32 bits per heavy atom. The van der Waals surface area contributed by atoms with E-state index in [2.05, 4.69) is 46.7 Å². The maximum atomic E-state index is 5.75. The lowest BCUT2D eigenvalue weighted by atomic mass is 9.87. The Hall–Kier alpha value is -1.72. The van der Waals surface area contributed by atoms with Gasteiger partial charge in [0.25, 0.3) is 0 Å². The molecule has 0 saturated heterocycles. The second kappa shape index (κ2) is 6.45. The van der Waals surface area contributed by atoms with Crippen molar-refractivity contribution >= 4 is 0 Å². The van der Waals surface area contributed by atoms with Gasteiger partial charge in [0.15, 0.2) is 0 Å². The van der Waals surface area contributed by atoms with Crippen LogP contribution in [0.1, 0.15) is 30.7 Å². The normalized spacial score (nSPS) is 14.3. The van der Waals surface area contributed by atoms with Crippen LogP contribution in [0.3, 0.4) is 0 Å². The first-order valence-corrected chi connectivity index (χ1v) is 6.60. The summed E-state index contributed by atoms with van der Waals surface area (Å²) < 4.78 is 1.79. The molecule has 2 rings (SSSR count). The molecule has 1 aromatic carbocycles. The highest BCUT2D eigenvalue weighted by Crippen LogP contribution is 2.24. The first-order valence-electron chi connectivity index (χ1n) is 6.60. The van der Waals surface area contributed by atoms with Crippen LogP contribution in [0.5, 0.6) is 0 Å². The molecule has 0 spiro atoms. The lowest BCUT2D eigenvalue weighted by molar-refractivity contribution is 0.415. The largest absolute Gasteiger partial charge is 0.271 e. The van der Waals surface area contributed by atoms with Crippen LogP contribution in [0.4, 0.5) is 0 Å². The Balaban J connectivity index is 2.17. The molecule has 0 bridgehead atoms. The predicted molar refractivity (Wildman–Crippen MR) is 75.3 cm³/mol. The van der Waals surface area contributed by atoms with E-state index in [1.165, 1.54) is 5.56 Å². The Bertz CT molecular complexity index is 494. The first kappa shape index (κ1) is 13.7. The number of hydrogen-bond acceptors (Lipinski definition) is 4. The summed E-state index contributed by atoms with van der Waals surface area (Å²) in [4.78, 5) is 4.27. The number of nitrogens with zero attached hydrogens (tertiary/aromatic N) is 3. The molecule has 0 aliphatic carbocycles. The summed E-state index contributed by atoms with van der Waals surface area (Å²) in [6, 6.07) is 10.6. The third-order valence-electron chi connectivity index (χ3n) is 3.57. The molecular weight excluding hydrogens is 238 g/mol. The summed E-state index contributed by atoms with van der Waals surface area (Å²) in [5.74, 6) is 7.05. The third kappa shape index (κ3) is 3.19.